The summed E-state index contributed by atoms with van der Waals surface area (Å²) >= 11 is 0. The van der Waals surface area contributed by atoms with Crippen LogP contribution in [0.2, 0.25) is 0 Å². The second-order valence-electron chi connectivity index (χ2n) is 4.40. The summed E-state index contributed by atoms with van der Waals surface area (Å²) in [5, 5.41) is 9.24. The van der Waals surface area contributed by atoms with Crippen molar-refractivity contribution in [3.8, 4) is 0 Å². The molecule has 74 valence electrons. The van der Waals surface area contributed by atoms with Gasteiger partial charge in [0.05, 0.1) is 5.41 Å². The van der Waals surface area contributed by atoms with Gasteiger partial charge in [-0.15, -0.1) is 0 Å². The van der Waals surface area contributed by atoms with Crippen LogP contribution in [-0.4, -0.2) is 11.1 Å². The molecule has 1 aliphatic carbocycles. The van der Waals surface area contributed by atoms with Crippen LogP contribution in [0.5, 0.6) is 0 Å². The van der Waals surface area contributed by atoms with Crippen LogP contribution < -0.4 is 0 Å². The normalized spacial score (nSPS) is 29.3. The van der Waals surface area contributed by atoms with Crippen molar-refractivity contribution >= 4 is 5.97 Å². The summed E-state index contributed by atoms with van der Waals surface area (Å²) in [5.41, 5.74) is 0.567. The van der Waals surface area contributed by atoms with Gasteiger partial charge in [0.25, 0.3) is 0 Å². The van der Waals surface area contributed by atoms with E-state index in [0.29, 0.717) is 6.42 Å². The van der Waals surface area contributed by atoms with Crippen LogP contribution in [0.3, 0.4) is 0 Å². The van der Waals surface area contributed by atoms with Gasteiger partial charge in [-0.1, -0.05) is 26.0 Å². The molecular weight excluding hydrogens is 164 g/mol. The summed E-state index contributed by atoms with van der Waals surface area (Å²) in [6.45, 7) is 7.90. The molecule has 1 saturated carbocycles. The predicted octanol–water partition coefficient (Wildman–Crippen LogP) is 2.84. The first kappa shape index (κ1) is 10.3. The smallest absolute Gasteiger partial charge is 0.310 e. The zero-order valence-corrected chi connectivity index (χ0v) is 8.47. The van der Waals surface area contributed by atoms with Crippen molar-refractivity contribution in [1.82, 2.24) is 0 Å². The monoisotopic (exact) mass is 182 g/mol. The molecule has 0 amide bonds. The molecule has 1 rings (SSSR count). The Morgan fingerprint density at radius 2 is 2.23 bits per heavy atom. The fourth-order valence-corrected chi connectivity index (χ4v) is 2.20. The third-order valence-electron chi connectivity index (χ3n) is 3.25. The van der Waals surface area contributed by atoms with Crippen LogP contribution in [0, 0.1) is 11.3 Å². The number of rotatable bonds is 2. The summed E-state index contributed by atoms with van der Waals surface area (Å²) in [6, 6.07) is 0. The number of hydrogen-bond donors (Lipinski definition) is 1. The van der Waals surface area contributed by atoms with Gasteiger partial charge in [-0.2, -0.15) is 0 Å². The topological polar surface area (TPSA) is 37.3 Å². The molecule has 1 N–H and O–H groups in total. The van der Waals surface area contributed by atoms with Crippen molar-refractivity contribution in [1.29, 1.82) is 0 Å². The summed E-state index contributed by atoms with van der Waals surface area (Å²) in [7, 11) is 0. The van der Waals surface area contributed by atoms with E-state index in [2.05, 4.69) is 6.58 Å². The number of carbonyl (C=O) groups is 1. The zero-order valence-electron chi connectivity index (χ0n) is 8.47. The third-order valence-corrected chi connectivity index (χ3v) is 3.25. The van der Waals surface area contributed by atoms with Crippen molar-refractivity contribution < 1.29 is 9.90 Å². The molecule has 0 aliphatic heterocycles. The highest BCUT2D eigenvalue weighted by atomic mass is 16.4. The average Bonchev–Trinajstić information content (AvgIpc) is 2.03. The van der Waals surface area contributed by atoms with E-state index < -0.39 is 11.4 Å². The maximum absolute atomic E-state index is 11.2. The van der Waals surface area contributed by atoms with E-state index in [1.165, 1.54) is 0 Å². The highest BCUT2D eigenvalue weighted by Gasteiger charge is 2.43. The second-order valence-corrected chi connectivity index (χ2v) is 4.40. The molecule has 2 heteroatoms. The van der Waals surface area contributed by atoms with Gasteiger partial charge in [0.15, 0.2) is 0 Å². The van der Waals surface area contributed by atoms with E-state index in [9.17, 15) is 9.90 Å². The van der Waals surface area contributed by atoms with Gasteiger partial charge in [0.1, 0.15) is 0 Å². The molecule has 0 aromatic rings. The lowest BCUT2D eigenvalue weighted by Gasteiger charge is -2.37. The Bertz CT molecular complexity index is 230. The Kier molecular flexibility index (Phi) is 2.79. The summed E-state index contributed by atoms with van der Waals surface area (Å²) < 4.78 is 0. The fraction of sp³-hybridized carbons (Fsp3) is 0.727. The van der Waals surface area contributed by atoms with Gasteiger partial charge in [0, 0.05) is 0 Å². The largest absolute Gasteiger partial charge is 0.481 e. The lowest BCUT2D eigenvalue weighted by atomic mass is 9.66. The molecule has 1 unspecified atom stereocenters. The van der Waals surface area contributed by atoms with Crippen molar-refractivity contribution in [3.05, 3.63) is 12.2 Å². The Labute approximate surface area is 79.6 Å². The maximum Gasteiger partial charge on any atom is 0.310 e. The van der Waals surface area contributed by atoms with Crippen molar-refractivity contribution in [2.75, 3.05) is 0 Å². The number of aliphatic carboxylic acids is 1. The molecule has 0 aromatic heterocycles. The number of carboxylic acids is 1. The first-order valence-electron chi connectivity index (χ1n) is 4.89. The van der Waals surface area contributed by atoms with Crippen LogP contribution >= 0.6 is 0 Å². The van der Waals surface area contributed by atoms with Crippen molar-refractivity contribution in [3.63, 3.8) is 0 Å². The Morgan fingerprint density at radius 1 is 1.62 bits per heavy atom. The number of carboxylic acid groups (broad SMARTS) is 1. The van der Waals surface area contributed by atoms with Gasteiger partial charge < -0.3 is 5.11 Å². The molecule has 0 heterocycles. The van der Waals surface area contributed by atoms with E-state index >= 15 is 0 Å². The standard InChI is InChI=1S/C11H18O2/c1-8(2)11(10(12)13)6-4-5-9(3)7-11/h8H,3-7H2,1-2H3,(H,12,13). The first-order valence-corrected chi connectivity index (χ1v) is 4.89. The average molecular weight is 182 g/mol. The Morgan fingerprint density at radius 3 is 2.54 bits per heavy atom. The Balaban J connectivity index is 2.89. The lowest BCUT2D eigenvalue weighted by molar-refractivity contribution is -0.153. The SMILES string of the molecule is C=C1CCCC(C(=O)O)(C(C)C)C1. The molecule has 1 atom stereocenters. The van der Waals surface area contributed by atoms with Gasteiger partial charge in [-0.3, -0.25) is 4.79 Å². The Hall–Kier alpha value is -0.790. The predicted molar refractivity (Wildman–Crippen MR) is 52.5 cm³/mol. The molecule has 0 aromatic carbocycles. The van der Waals surface area contributed by atoms with E-state index in [4.69, 9.17) is 0 Å². The molecule has 0 bridgehead atoms. The molecule has 13 heavy (non-hydrogen) atoms. The number of allylic oxidation sites excluding steroid dienone is 1. The van der Waals surface area contributed by atoms with Crippen LogP contribution in [0.25, 0.3) is 0 Å². The summed E-state index contributed by atoms with van der Waals surface area (Å²) in [5.74, 6) is -0.453. The van der Waals surface area contributed by atoms with E-state index in [-0.39, 0.29) is 5.92 Å². The minimum atomic E-state index is -0.650. The molecule has 1 fully saturated rings. The van der Waals surface area contributed by atoms with E-state index in [1.807, 2.05) is 13.8 Å². The van der Waals surface area contributed by atoms with Gasteiger partial charge >= 0.3 is 5.97 Å². The van der Waals surface area contributed by atoms with E-state index in [0.717, 1.165) is 24.8 Å². The molecule has 0 radical (unpaired) electrons. The summed E-state index contributed by atoms with van der Waals surface area (Å²) in [4.78, 5) is 11.2. The van der Waals surface area contributed by atoms with Crippen molar-refractivity contribution in [2.24, 2.45) is 11.3 Å². The quantitative estimate of drug-likeness (QED) is 0.667. The van der Waals surface area contributed by atoms with Gasteiger partial charge in [0.2, 0.25) is 0 Å². The third kappa shape index (κ3) is 1.77. The molecule has 1 aliphatic rings. The van der Waals surface area contributed by atoms with Crippen LogP contribution in [-0.2, 0) is 4.79 Å². The minimum absolute atomic E-state index is 0.196. The first-order chi connectivity index (χ1) is 5.99. The molecule has 2 nitrogen and oxygen atoms in total. The molecular formula is C11H18O2. The second kappa shape index (κ2) is 3.52. The van der Waals surface area contributed by atoms with Crippen LogP contribution in [0.15, 0.2) is 12.2 Å². The summed E-state index contributed by atoms with van der Waals surface area (Å²) in [6.07, 6.45) is 3.45. The number of hydrogen-bond acceptors (Lipinski definition) is 1. The zero-order chi connectivity index (χ0) is 10.1. The lowest BCUT2D eigenvalue weighted by Crippen LogP contribution is -2.38. The fourth-order valence-electron chi connectivity index (χ4n) is 2.20. The highest BCUT2D eigenvalue weighted by molar-refractivity contribution is 5.75. The van der Waals surface area contributed by atoms with E-state index in [1.54, 1.807) is 0 Å². The minimum Gasteiger partial charge on any atom is -0.481 e. The van der Waals surface area contributed by atoms with Gasteiger partial charge in [-0.05, 0) is 31.6 Å². The van der Waals surface area contributed by atoms with Crippen LogP contribution in [0.1, 0.15) is 39.5 Å². The van der Waals surface area contributed by atoms with Gasteiger partial charge in [-0.25, -0.2) is 0 Å². The molecule has 0 spiro atoms. The maximum atomic E-state index is 11.2. The molecule has 0 saturated heterocycles. The highest BCUT2D eigenvalue weighted by Crippen LogP contribution is 2.44. The van der Waals surface area contributed by atoms with Crippen molar-refractivity contribution in [2.45, 2.75) is 39.5 Å². The van der Waals surface area contributed by atoms with Crippen LogP contribution in [0.4, 0.5) is 0 Å².